The molecular weight excluding hydrogens is 226 g/mol. The Balaban J connectivity index is 0.000000771. The van der Waals surface area contributed by atoms with Gasteiger partial charge in [-0.1, -0.05) is 12.1 Å². The summed E-state index contributed by atoms with van der Waals surface area (Å²) in [5, 5.41) is 19.2. The van der Waals surface area contributed by atoms with Crippen molar-refractivity contribution in [2.45, 2.75) is 31.3 Å². The number of Topliss-reactive ketones (excluding diaryl/α,β-unsaturated/α-hetero) is 1. The summed E-state index contributed by atoms with van der Waals surface area (Å²) < 4.78 is 0. The molecule has 2 rings (SSSR count). The third kappa shape index (κ3) is 3.06. The fourth-order valence-corrected chi connectivity index (χ4v) is 2.11. The first-order valence-corrected chi connectivity index (χ1v) is 5.89. The van der Waals surface area contributed by atoms with E-state index in [1.165, 1.54) is 0 Å². The molecule has 0 amide bonds. The molecule has 0 spiro atoms. The SMILES string of the molecule is C=C.N#Cc1cccc(C2(O)CCC(=O)CC2)c1. The van der Waals surface area contributed by atoms with Gasteiger partial charge in [-0.15, -0.1) is 13.2 Å². The molecule has 1 aliphatic carbocycles. The van der Waals surface area contributed by atoms with Gasteiger partial charge in [-0.25, -0.2) is 0 Å². The molecule has 1 N–H and O–H groups in total. The summed E-state index contributed by atoms with van der Waals surface area (Å²) in [6, 6.07) is 9.05. The highest BCUT2D eigenvalue weighted by atomic mass is 16.3. The molecule has 3 nitrogen and oxygen atoms in total. The molecule has 3 heteroatoms. The number of carbonyl (C=O) groups excluding carboxylic acids is 1. The zero-order valence-electron chi connectivity index (χ0n) is 10.4. The summed E-state index contributed by atoms with van der Waals surface area (Å²) in [5.74, 6) is 0.209. The van der Waals surface area contributed by atoms with Crippen molar-refractivity contribution >= 4 is 5.78 Å². The van der Waals surface area contributed by atoms with E-state index in [4.69, 9.17) is 5.26 Å². The molecule has 18 heavy (non-hydrogen) atoms. The number of nitrogens with zero attached hydrogens (tertiary/aromatic N) is 1. The van der Waals surface area contributed by atoms with E-state index < -0.39 is 5.60 Å². The van der Waals surface area contributed by atoms with Crippen LogP contribution in [0.5, 0.6) is 0 Å². The second kappa shape index (κ2) is 6.13. The van der Waals surface area contributed by atoms with Crippen LogP contribution in [0.1, 0.15) is 36.8 Å². The van der Waals surface area contributed by atoms with Gasteiger partial charge in [0.05, 0.1) is 17.2 Å². The lowest BCUT2D eigenvalue weighted by Crippen LogP contribution is -2.31. The molecule has 0 bridgehead atoms. The van der Waals surface area contributed by atoms with E-state index in [0.717, 1.165) is 5.56 Å². The minimum atomic E-state index is -0.930. The van der Waals surface area contributed by atoms with Crippen LogP contribution in [0.25, 0.3) is 0 Å². The van der Waals surface area contributed by atoms with Gasteiger partial charge >= 0.3 is 0 Å². The predicted octanol–water partition coefficient (Wildman–Crippen LogP) is 2.69. The van der Waals surface area contributed by atoms with Gasteiger partial charge in [-0.05, 0) is 30.5 Å². The Kier molecular flexibility index (Phi) is 4.82. The van der Waals surface area contributed by atoms with Crippen LogP contribution < -0.4 is 0 Å². The predicted molar refractivity (Wildman–Crippen MR) is 69.8 cm³/mol. The molecule has 1 saturated carbocycles. The minimum Gasteiger partial charge on any atom is -0.385 e. The van der Waals surface area contributed by atoms with E-state index in [1.807, 2.05) is 6.07 Å². The topological polar surface area (TPSA) is 61.1 Å². The standard InChI is InChI=1S/C13H13NO2.C2H4/c14-9-10-2-1-3-11(8-10)13(16)6-4-12(15)5-7-13;1-2/h1-3,8,16H,4-7H2;1-2H2. The number of rotatable bonds is 1. The summed E-state index contributed by atoms with van der Waals surface area (Å²) in [6.07, 6.45) is 1.77. The fourth-order valence-electron chi connectivity index (χ4n) is 2.11. The van der Waals surface area contributed by atoms with Gasteiger partial charge in [-0.3, -0.25) is 4.79 Å². The molecule has 1 aromatic carbocycles. The number of ketones is 1. The van der Waals surface area contributed by atoms with Crippen LogP contribution in [0.3, 0.4) is 0 Å². The van der Waals surface area contributed by atoms with E-state index in [9.17, 15) is 9.90 Å². The van der Waals surface area contributed by atoms with Gasteiger partial charge in [0.2, 0.25) is 0 Å². The van der Waals surface area contributed by atoms with E-state index >= 15 is 0 Å². The molecule has 0 unspecified atom stereocenters. The molecule has 1 fully saturated rings. The summed E-state index contributed by atoms with van der Waals surface area (Å²) in [7, 11) is 0. The van der Waals surface area contributed by atoms with Gasteiger partial charge in [0.15, 0.2) is 0 Å². The number of benzene rings is 1. The third-order valence-electron chi connectivity index (χ3n) is 3.16. The summed E-state index contributed by atoms with van der Waals surface area (Å²) in [6.45, 7) is 6.00. The molecule has 0 heterocycles. The Bertz CT molecular complexity index is 464. The van der Waals surface area contributed by atoms with Crippen LogP contribution >= 0.6 is 0 Å². The van der Waals surface area contributed by atoms with Gasteiger partial charge in [0.25, 0.3) is 0 Å². The van der Waals surface area contributed by atoms with Crippen LogP contribution in [0.4, 0.5) is 0 Å². The maximum Gasteiger partial charge on any atom is 0.133 e. The van der Waals surface area contributed by atoms with Crippen molar-refractivity contribution in [1.29, 1.82) is 5.26 Å². The summed E-state index contributed by atoms with van der Waals surface area (Å²) in [5.41, 5.74) is 0.364. The van der Waals surface area contributed by atoms with Gasteiger partial charge in [0, 0.05) is 12.8 Å². The maximum atomic E-state index is 11.1. The Labute approximate surface area is 107 Å². The van der Waals surface area contributed by atoms with E-state index in [2.05, 4.69) is 19.2 Å². The molecule has 0 atom stereocenters. The highest BCUT2D eigenvalue weighted by Crippen LogP contribution is 2.35. The molecule has 0 saturated heterocycles. The van der Waals surface area contributed by atoms with Crippen molar-refractivity contribution in [2.24, 2.45) is 0 Å². The third-order valence-corrected chi connectivity index (χ3v) is 3.16. The lowest BCUT2D eigenvalue weighted by molar-refractivity contribution is -0.125. The zero-order valence-corrected chi connectivity index (χ0v) is 10.4. The number of carbonyl (C=O) groups is 1. The van der Waals surface area contributed by atoms with Gasteiger partial charge < -0.3 is 5.11 Å². The lowest BCUT2D eigenvalue weighted by Gasteiger charge is -2.31. The van der Waals surface area contributed by atoms with E-state index in [1.54, 1.807) is 18.2 Å². The van der Waals surface area contributed by atoms with Gasteiger partial charge in [-0.2, -0.15) is 5.26 Å². The smallest absolute Gasteiger partial charge is 0.133 e. The minimum absolute atomic E-state index is 0.209. The van der Waals surface area contributed by atoms with Crippen LogP contribution in [0.2, 0.25) is 0 Å². The molecule has 94 valence electrons. The Morgan fingerprint density at radius 3 is 2.44 bits per heavy atom. The van der Waals surface area contributed by atoms with Crippen molar-refractivity contribution in [1.82, 2.24) is 0 Å². The van der Waals surface area contributed by atoms with Gasteiger partial charge in [0.1, 0.15) is 5.78 Å². The van der Waals surface area contributed by atoms with Crippen molar-refractivity contribution < 1.29 is 9.90 Å². The van der Waals surface area contributed by atoms with Crippen LogP contribution in [-0.4, -0.2) is 10.9 Å². The number of nitriles is 1. The monoisotopic (exact) mass is 243 g/mol. The second-order valence-corrected chi connectivity index (χ2v) is 4.26. The molecule has 0 aliphatic heterocycles. The van der Waals surface area contributed by atoms with E-state index in [0.29, 0.717) is 31.2 Å². The summed E-state index contributed by atoms with van der Waals surface area (Å²) >= 11 is 0. The number of hydrogen-bond donors (Lipinski definition) is 1. The first-order valence-electron chi connectivity index (χ1n) is 5.89. The highest BCUT2D eigenvalue weighted by molar-refractivity contribution is 5.79. The Morgan fingerprint density at radius 2 is 1.89 bits per heavy atom. The van der Waals surface area contributed by atoms with Crippen molar-refractivity contribution in [3.63, 3.8) is 0 Å². The van der Waals surface area contributed by atoms with Crippen LogP contribution in [0, 0.1) is 11.3 Å². The van der Waals surface area contributed by atoms with E-state index in [-0.39, 0.29) is 5.78 Å². The maximum absolute atomic E-state index is 11.1. The number of hydrogen-bond acceptors (Lipinski definition) is 3. The first kappa shape index (κ1) is 14.1. The van der Waals surface area contributed by atoms with Crippen molar-refractivity contribution in [2.75, 3.05) is 0 Å². The summed E-state index contributed by atoms with van der Waals surface area (Å²) in [4.78, 5) is 11.1. The average molecular weight is 243 g/mol. The largest absolute Gasteiger partial charge is 0.385 e. The molecular formula is C15H17NO2. The first-order chi connectivity index (χ1) is 8.64. The number of aliphatic hydroxyl groups is 1. The van der Waals surface area contributed by atoms with Crippen LogP contribution in [0.15, 0.2) is 37.4 Å². The molecule has 1 aliphatic rings. The quantitative estimate of drug-likeness (QED) is 0.771. The van der Waals surface area contributed by atoms with Crippen molar-refractivity contribution in [3.8, 4) is 6.07 Å². The normalized spacial score (nSPS) is 17.2. The van der Waals surface area contributed by atoms with Crippen molar-refractivity contribution in [3.05, 3.63) is 48.6 Å². The fraction of sp³-hybridized carbons (Fsp3) is 0.333. The highest BCUT2D eigenvalue weighted by Gasteiger charge is 2.34. The lowest BCUT2D eigenvalue weighted by atomic mass is 9.79. The molecule has 0 radical (unpaired) electrons. The van der Waals surface area contributed by atoms with Crippen LogP contribution in [-0.2, 0) is 10.4 Å². The Morgan fingerprint density at radius 1 is 1.28 bits per heavy atom. The zero-order chi connectivity index (χ0) is 13.6. The molecule has 0 aromatic heterocycles. The second-order valence-electron chi connectivity index (χ2n) is 4.26. The molecule has 1 aromatic rings. The average Bonchev–Trinajstić information content (AvgIpc) is 2.44. The Hall–Kier alpha value is -1.92.